The zero-order chi connectivity index (χ0) is 18.6. The summed E-state index contributed by atoms with van der Waals surface area (Å²) in [6.07, 6.45) is 3.23. The molecule has 1 aromatic carbocycles. The number of benzene rings is 1. The van der Waals surface area contributed by atoms with Gasteiger partial charge in [-0.15, -0.1) is 0 Å². The number of hydrogen-bond donors (Lipinski definition) is 0. The first-order valence-corrected chi connectivity index (χ1v) is 9.40. The highest BCUT2D eigenvalue weighted by atomic mass is 35.5. The fraction of sp³-hybridized carbons (Fsp3) is 0.444. The standard InChI is InChI=1S/C18H22ClNO4S/c1-5-7-20-17(21)15(25-18(20)22)10-12-8-13(19)16(14(9-12)23-4)24-11(3)6-2/h8-11H,5-7H2,1-4H3/b15-10+/t11-/m0/s1. The van der Waals surface area contributed by atoms with Crippen LogP contribution >= 0.6 is 23.4 Å². The van der Waals surface area contributed by atoms with Gasteiger partial charge in [0.2, 0.25) is 0 Å². The van der Waals surface area contributed by atoms with Gasteiger partial charge in [0.15, 0.2) is 11.5 Å². The molecular weight excluding hydrogens is 362 g/mol. The highest BCUT2D eigenvalue weighted by Crippen LogP contribution is 2.39. The van der Waals surface area contributed by atoms with Gasteiger partial charge in [0, 0.05) is 6.54 Å². The molecule has 2 amide bonds. The lowest BCUT2D eigenvalue weighted by atomic mass is 10.1. The fourth-order valence-electron chi connectivity index (χ4n) is 2.29. The molecule has 2 rings (SSSR count). The Morgan fingerprint density at radius 3 is 2.64 bits per heavy atom. The number of halogens is 1. The largest absolute Gasteiger partial charge is 0.493 e. The smallest absolute Gasteiger partial charge is 0.293 e. The van der Waals surface area contributed by atoms with E-state index in [4.69, 9.17) is 21.1 Å². The van der Waals surface area contributed by atoms with Crippen LogP contribution < -0.4 is 9.47 Å². The summed E-state index contributed by atoms with van der Waals surface area (Å²) in [5.41, 5.74) is 0.681. The Balaban J connectivity index is 2.33. The summed E-state index contributed by atoms with van der Waals surface area (Å²) >= 11 is 7.28. The topological polar surface area (TPSA) is 55.8 Å². The molecule has 1 aliphatic heterocycles. The summed E-state index contributed by atoms with van der Waals surface area (Å²) in [4.78, 5) is 25.9. The van der Waals surface area contributed by atoms with Crippen molar-refractivity contribution in [2.75, 3.05) is 13.7 Å². The van der Waals surface area contributed by atoms with Crippen LogP contribution in [0.1, 0.15) is 39.2 Å². The van der Waals surface area contributed by atoms with E-state index in [2.05, 4.69) is 0 Å². The molecule has 0 bridgehead atoms. The maximum absolute atomic E-state index is 12.3. The van der Waals surface area contributed by atoms with Crippen LogP contribution in [0.15, 0.2) is 17.0 Å². The molecule has 1 aliphatic rings. The quantitative estimate of drug-likeness (QED) is 0.622. The third-order valence-electron chi connectivity index (χ3n) is 3.76. The van der Waals surface area contributed by atoms with Crippen molar-refractivity contribution < 1.29 is 19.1 Å². The van der Waals surface area contributed by atoms with Crippen molar-refractivity contribution in [1.29, 1.82) is 0 Å². The van der Waals surface area contributed by atoms with Gasteiger partial charge in [0.25, 0.3) is 11.1 Å². The minimum absolute atomic E-state index is 0.00259. The van der Waals surface area contributed by atoms with Crippen molar-refractivity contribution in [2.45, 2.75) is 39.7 Å². The maximum atomic E-state index is 12.3. The van der Waals surface area contributed by atoms with Gasteiger partial charge in [0.05, 0.1) is 23.1 Å². The van der Waals surface area contributed by atoms with Crippen LogP contribution in [0.25, 0.3) is 6.08 Å². The number of ether oxygens (including phenoxy) is 2. The Morgan fingerprint density at radius 2 is 2.04 bits per heavy atom. The Labute approximate surface area is 157 Å². The van der Waals surface area contributed by atoms with Crippen molar-refractivity contribution in [3.05, 3.63) is 27.6 Å². The normalized spacial score (nSPS) is 17.3. The van der Waals surface area contributed by atoms with Crippen LogP contribution in [0.3, 0.4) is 0 Å². The summed E-state index contributed by atoms with van der Waals surface area (Å²) in [6, 6.07) is 3.45. The van der Waals surface area contributed by atoms with Gasteiger partial charge in [-0.25, -0.2) is 0 Å². The fourth-order valence-corrected chi connectivity index (χ4v) is 3.42. The van der Waals surface area contributed by atoms with Gasteiger partial charge in [0.1, 0.15) is 0 Å². The number of rotatable bonds is 7. The first-order chi connectivity index (χ1) is 11.9. The van der Waals surface area contributed by atoms with E-state index in [0.717, 1.165) is 24.6 Å². The monoisotopic (exact) mass is 383 g/mol. The van der Waals surface area contributed by atoms with Gasteiger partial charge in [-0.2, -0.15) is 0 Å². The Morgan fingerprint density at radius 1 is 1.32 bits per heavy atom. The van der Waals surface area contributed by atoms with Crippen molar-refractivity contribution in [1.82, 2.24) is 4.90 Å². The zero-order valence-corrected chi connectivity index (χ0v) is 16.4. The maximum Gasteiger partial charge on any atom is 0.293 e. The lowest BCUT2D eigenvalue weighted by molar-refractivity contribution is -0.122. The van der Waals surface area contributed by atoms with Gasteiger partial charge in [-0.3, -0.25) is 14.5 Å². The van der Waals surface area contributed by atoms with E-state index in [-0.39, 0.29) is 17.3 Å². The molecule has 7 heteroatoms. The first-order valence-electron chi connectivity index (χ1n) is 8.20. The molecule has 0 N–H and O–H groups in total. The molecule has 1 heterocycles. The third kappa shape index (κ3) is 4.50. The van der Waals surface area contributed by atoms with Gasteiger partial charge < -0.3 is 9.47 Å². The van der Waals surface area contributed by atoms with Gasteiger partial charge in [-0.05, 0) is 55.3 Å². The van der Waals surface area contributed by atoms with Crippen molar-refractivity contribution in [3.8, 4) is 11.5 Å². The van der Waals surface area contributed by atoms with E-state index in [1.54, 1.807) is 18.2 Å². The Kier molecular flexibility index (Phi) is 6.79. The minimum Gasteiger partial charge on any atom is -0.493 e. The molecule has 1 atom stereocenters. The SMILES string of the molecule is CCCN1C(=O)S/C(=C/c2cc(Cl)c(O[C@@H](C)CC)c(OC)c2)C1=O. The summed E-state index contributed by atoms with van der Waals surface area (Å²) in [5.74, 6) is 0.702. The highest BCUT2D eigenvalue weighted by molar-refractivity contribution is 8.18. The molecule has 1 saturated heterocycles. The molecule has 0 aromatic heterocycles. The number of nitrogens with zero attached hydrogens (tertiary/aromatic N) is 1. The Hall–Kier alpha value is -1.66. The van der Waals surface area contributed by atoms with Crippen LogP contribution in [0, 0.1) is 0 Å². The number of carbonyl (C=O) groups excluding carboxylic acids is 2. The summed E-state index contributed by atoms with van der Waals surface area (Å²) in [7, 11) is 1.54. The molecule has 0 radical (unpaired) electrons. The Bertz CT molecular complexity index is 705. The molecule has 5 nitrogen and oxygen atoms in total. The molecule has 1 fully saturated rings. The molecule has 25 heavy (non-hydrogen) atoms. The van der Waals surface area contributed by atoms with Crippen LogP contribution in [0.5, 0.6) is 11.5 Å². The molecule has 1 aromatic rings. The molecule has 0 unspecified atom stereocenters. The zero-order valence-electron chi connectivity index (χ0n) is 14.8. The van der Waals surface area contributed by atoms with Crippen LogP contribution in [0.4, 0.5) is 4.79 Å². The second-order valence-corrected chi connectivity index (χ2v) is 7.10. The number of hydrogen-bond acceptors (Lipinski definition) is 5. The average molecular weight is 384 g/mol. The summed E-state index contributed by atoms with van der Waals surface area (Å²) < 4.78 is 11.2. The highest BCUT2D eigenvalue weighted by Gasteiger charge is 2.34. The lowest BCUT2D eigenvalue weighted by Gasteiger charge is -2.17. The summed E-state index contributed by atoms with van der Waals surface area (Å²) in [5, 5.41) is 0.159. The molecule has 0 saturated carbocycles. The molecule has 136 valence electrons. The second kappa shape index (κ2) is 8.63. The van der Waals surface area contributed by atoms with E-state index >= 15 is 0 Å². The number of thioether (sulfide) groups is 1. The van der Waals surface area contributed by atoms with Crippen LogP contribution in [-0.2, 0) is 4.79 Å². The molecule has 0 spiro atoms. The number of amides is 2. The van der Waals surface area contributed by atoms with Crippen LogP contribution in [0.2, 0.25) is 5.02 Å². The summed E-state index contributed by atoms with van der Waals surface area (Å²) in [6.45, 7) is 6.32. The number of methoxy groups -OCH3 is 1. The van der Waals surface area contributed by atoms with E-state index in [1.807, 2.05) is 20.8 Å². The van der Waals surface area contributed by atoms with Crippen LogP contribution in [-0.4, -0.2) is 35.8 Å². The average Bonchev–Trinajstić information content (AvgIpc) is 2.84. The predicted molar refractivity (Wildman–Crippen MR) is 101 cm³/mol. The van der Waals surface area contributed by atoms with Gasteiger partial charge >= 0.3 is 0 Å². The van der Waals surface area contributed by atoms with E-state index in [1.165, 1.54) is 12.0 Å². The van der Waals surface area contributed by atoms with Crippen molar-refractivity contribution in [2.24, 2.45) is 0 Å². The van der Waals surface area contributed by atoms with E-state index in [9.17, 15) is 9.59 Å². The minimum atomic E-state index is -0.271. The lowest BCUT2D eigenvalue weighted by Crippen LogP contribution is -2.28. The number of carbonyl (C=O) groups is 2. The van der Waals surface area contributed by atoms with Gasteiger partial charge in [-0.1, -0.05) is 25.4 Å². The first kappa shape index (κ1) is 19.7. The molecule has 0 aliphatic carbocycles. The van der Waals surface area contributed by atoms with Crippen molar-refractivity contribution in [3.63, 3.8) is 0 Å². The van der Waals surface area contributed by atoms with E-state index in [0.29, 0.717) is 33.5 Å². The predicted octanol–water partition coefficient (Wildman–Crippen LogP) is 4.97. The third-order valence-corrected chi connectivity index (χ3v) is 4.95. The molecular formula is C18H22ClNO4S. The number of imide groups is 1. The van der Waals surface area contributed by atoms with Crippen molar-refractivity contribution >= 4 is 40.6 Å². The second-order valence-electron chi connectivity index (χ2n) is 5.70. The van der Waals surface area contributed by atoms with E-state index < -0.39 is 0 Å².